The summed E-state index contributed by atoms with van der Waals surface area (Å²) in [4.78, 5) is 30.5. The Kier molecular flexibility index (Phi) is 5.92. The number of piperidine rings is 1. The minimum absolute atomic E-state index is 0.115. The fraction of sp³-hybridized carbons (Fsp3) is 0.381. The molecule has 0 saturated carbocycles. The quantitative estimate of drug-likeness (QED) is 0.828. The van der Waals surface area contributed by atoms with Crippen LogP contribution in [-0.2, 0) is 4.79 Å². The number of hydrogen-bond acceptors (Lipinski definition) is 4. The molecule has 1 fully saturated rings. The highest BCUT2D eigenvalue weighted by molar-refractivity contribution is 5.94. The van der Waals surface area contributed by atoms with E-state index in [1.165, 1.54) is 24.3 Å². The number of nitrogens with zero attached hydrogens (tertiary/aromatic N) is 2. The van der Waals surface area contributed by atoms with Gasteiger partial charge in [0.1, 0.15) is 11.6 Å². The molecule has 1 saturated heterocycles. The van der Waals surface area contributed by atoms with E-state index < -0.39 is 11.3 Å². The van der Waals surface area contributed by atoms with Crippen LogP contribution in [0.15, 0.2) is 42.7 Å². The molecule has 0 bridgehead atoms. The van der Waals surface area contributed by atoms with Gasteiger partial charge in [-0.05, 0) is 55.7 Å². The Morgan fingerprint density at radius 2 is 2.04 bits per heavy atom. The minimum Gasteiger partial charge on any atom is -0.493 e. The number of rotatable bonds is 6. The van der Waals surface area contributed by atoms with E-state index in [2.05, 4.69) is 4.98 Å². The molecule has 0 radical (unpaired) electrons. The third-order valence-corrected chi connectivity index (χ3v) is 4.98. The molecule has 1 aromatic heterocycles. The van der Waals surface area contributed by atoms with E-state index in [1.807, 2.05) is 6.92 Å². The third kappa shape index (κ3) is 4.85. The van der Waals surface area contributed by atoms with Crippen LogP contribution in [0.2, 0.25) is 0 Å². The van der Waals surface area contributed by atoms with Gasteiger partial charge in [-0.2, -0.15) is 0 Å². The van der Waals surface area contributed by atoms with Crippen molar-refractivity contribution in [2.45, 2.75) is 26.2 Å². The number of carbonyl (C=O) groups excluding carboxylic acids is 2. The number of hydrogen-bond donors (Lipinski definition) is 1. The predicted octanol–water partition coefficient (Wildman–Crippen LogP) is 2.71. The van der Waals surface area contributed by atoms with Gasteiger partial charge in [-0.15, -0.1) is 0 Å². The molecular formula is C21H24FN3O3. The molecule has 2 heterocycles. The molecule has 2 amide bonds. The summed E-state index contributed by atoms with van der Waals surface area (Å²) >= 11 is 0. The van der Waals surface area contributed by atoms with E-state index in [1.54, 1.807) is 23.4 Å². The number of likely N-dealkylation sites (tertiary alicyclic amines) is 1. The van der Waals surface area contributed by atoms with E-state index in [0.717, 1.165) is 12.0 Å². The fourth-order valence-electron chi connectivity index (χ4n) is 3.69. The summed E-state index contributed by atoms with van der Waals surface area (Å²) in [6, 6.07) is 7.51. The molecule has 1 atom stereocenters. The zero-order valence-corrected chi connectivity index (χ0v) is 15.9. The number of benzene rings is 1. The van der Waals surface area contributed by atoms with Gasteiger partial charge in [0, 0.05) is 37.3 Å². The molecule has 6 nitrogen and oxygen atoms in total. The summed E-state index contributed by atoms with van der Waals surface area (Å²) in [5, 5.41) is 0. The Balaban J connectivity index is 1.76. The lowest BCUT2D eigenvalue weighted by Crippen LogP contribution is -2.50. The molecule has 0 aliphatic carbocycles. The first-order valence-corrected chi connectivity index (χ1v) is 9.24. The largest absolute Gasteiger partial charge is 0.493 e. The number of nitrogens with two attached hydrogens (primary N) is 1. The highest BCUT2D eigenvalue weighted by Gasteiger charge is 2.39. The predicted molar refractivity (Wildman–Crippen MR) is 102 cm³/mol. The Hall–Kier alpha value is -2.96. The van der Waals surface area contributed by atoms with Crippen molar-refractivity contribution >= 4 is 11.8 Å². The molecule has 148 valence electrons. The van der Waals surface area contributed by atoms with Crippen LogP contribution in [0.1, 0.15) is 35.2 Å². The zero-order chi connectivity index (χ0) is 20.1. The van der Waals surface area contributed by atoms with Gasteiger partial charge in [-0.25, -0.2) is 4.39 Å². The molecule has 0 spiro atoms. The van der Waals surface area contributed by atoms with Gasteiger partial charge in [0.2, 0.25) is 5.91 Å². The van der Waals surface area contributed by atoms with Crippen molar-refractivity contribution < 1.29 is 18.7 Å². The first-order valence-electron chi connectivity index (χ1n) is 9.24. The Labute approximate surface area is 163 Å². The molecular weight excluding hydrogens is 361 g/mol. The van der Waals surface area contributed by atoms with Crippen molar-refractivity contribution in [1.29, 1.82) is 0 Å². The van der Waals surface area contributed by atoms with E-state index in [-0.39, 0.29) is 24.8 Å². The van der Waals surface area contributed by atoms with E-state index >= 15 is 0 Å². The third-order valence-electron chi connectivity index (χ3n) is 4.98. The number of aryl methyl sites for hydroxylation is 1. The van der Waals surface area contributed by atoms with Gasteiger partial charge in [-0.1, -0.05) is 0 Å². The molecule has 1 aromatic carbocycles. The van der Waals surface area contributed by atoms with Gasteiger partial charge in [0.15, 0.2) is 0 Å². The Morgan fingerprint density at radius 3 is 2.71 bits per heavy atom. The van der Waals surface area contributed by atoms with Gasteiger partial charge in [0.25, 0.3) is 5.91 Å². The first-order chi connectivity index (χ1) is 13.4. The van der Waals surface area contributed by atoms with Crippen molar-refractivity contribution in [3.63, 3.8) is 0 Å². The minimum atomic E-state index is -0.578. The lowest BCUT2D eigenvalue weighted by molar-refractivity contribution is -0.122. The number of carbonyl (C=O) groups is 2. The van der Waals surface area contributed by atoms with E-state index in [9.17, 15) is 14.0 Å². The first kappa shape index (κ1) is 19.8. The standard InChI is InChI=1S/C21H24FN3O3/c1-15-9-16(12-24-11-15)20(27)25-8-2-7-21(13-25,10-19(23)26)14-28-18-5-3-17(22)4-6-18/h3-6,9,11-12H,2,7-8,10,13-14H2,1H3,(H2,23,26)/t21-/m1/s1. The maximum atomic E-state index is 13.1. The summed E-state index contributed by atoms with van der Waals surface area (Å²) in [6.07, 6.45) is 4.82. The van der Waals surface area contributed by atoms with Gasteiger partial charge < -0.3 is 15.4 Å². The number of halogens is 1. The molecule has 1 aliphatic rings. The number of pyridine rings is 1. The summed E-state index contributed by atoms with van der Waals surface area (Å²) in [5.41, 5.74) is 6.35. The maximum absolute atomic E-state index is 13.1. The second-order valence-electron chi connectivity index (χ2n) is 7.47. The number of ether oxygens (including phenoxy) is 1. The Bertz CT molecular complexity index is 856. The molecule has 2 N–H and O–H groups in total. The molecule has 2 aromatic rings. The molecule has 7 heteroatoms. The molecule has 1 aliphatic heterocycles. The molecule has 28 heavy (non-hydrogen) atoms. The van der Waals surface area contributed by atoms with Crippen molar-refractivity contribution in [2.24, 2.45) is 11.1 Å². The van der Waals surface area contributed by atoms with Crippen LogP contribution in [0.4, 0.5) is 4.39 Å². The summed E-state index contributed by atoms with van der Waals surface area (Å²) in [5.74, 6) is -0.391. The average Bonchev–Trinajstić information content (AvgIpc) is 2.67. The van der Waals surface area contributed by atoms with Crippen molar-refractivity contribution in [2.75, 3.05) is 19.7 Å². The van der Waals surface area contributed by atoms with Crippen LogP contribution in [-0.4, -0.2) is 41.4 Å². The lowest BCUT2D eigenvalue weighted by atomic mass is 9.77. The van der Waals surface area contributed by atoms with Crippen LogP contribution in [0.3, 0.4) is 0 Å². The van der Waals surface area contributed by atoms with E-state index in [4.69, 9.17) is 10.5 Å². The monoisotopic (exact) mass is 385 g/mol. The highest BCUT2D eigenvalue weighted by Crippen LogP contribution is 2.35. The van der Waals surface area contributed by atoms with Crippen LogP contribution in [0.25, 0.3) is 0 Å². The number of primary amides is 1. The van der Waals surface area contributed by atoms with Crippen LogP contribution >= 0.6 is 0 Å². The van der Waals surface area contributed by atoms with Gasteiger partial charge >= 0.3 is 0 Å². The van der Waals surface area contributed by atoms with Gasteiger partial charge in [-0.3, -0.25) is 14.6 Å². The number of aromatic nitrogens is 1. The zero-order valence-electron chi connectivity index (χ0n) is 15.9. The van der Waals surface area contributed by atoms with Gasteiger partial charge in [0.05, 0.1) is 12.2 Å². The topological polar surface area (TPSA) is 85.5 Å². The lowest BCUT2D eigenvalue weighted by Gasteiger charge is -2.42. The number of amides is 2. The summed E-state index contributed by atoms with van der Waals surface area (Å²) in [7, 11) is 0. The molecule has 3 rings (SSSR count). The highest BCUT2D eigenvalue weighted by atomic mass is 19.1. The van der Waals surface area contributed by atoms with Crippen LogP contribution in [0.5, 0.6) is 5.75 Å². The van der Waals surface area contributed by atoms with Crippen molar-refractivity contribution in [3.05, 3.63) is 59.7 Å². The fourth-order valence-corrected chi connectivity index (χ4v) is 3.69. The van der Waals surface area contributed by atoms with Crippen molar-refractivity contribution in [3.8, 4) is 5.75 Å². The normalized spacial score (nSPS) is 19.3. The summed E-state index contributed by atoms with van der Waals surface area (Å²) < 4.78 is 18.9. The SMILES string of the molecule is Cc1cncc(C(=O)N2CCC[C@@](COc3ccc(F)cc3)(CC(N)=O)C2)c1. The van der Waals surface area contributed by atoms with E-state index in [0.29, 0.717) is 30.8 Å². The maximum Gasteiger partial charge on any atom is 0.255 e. The van der Waals surface area contributed by atoms with Crippen LogP contribution < -0.4 is 10.5 Å². The van der Waals surface area contributed by atoms with Crippen molar-refractivity contribution in [1.82, 2.24) is 9.88 Å². The smallest absolute Gasteiger partial charge is 0.255 e. The van der Waals surface area contributed by atoms with Crippen LogP contribution in [0, 0.1) is 18.2 Å². The Morgan fingerprint density at radius 1 is 1.29 bits per heavy atom. The second kappa shape index (κ2) is 8.37. The molecule has 0 unspecified atom stereocenters. The average molecular weight is 385 g/mol. The second-order valence-corrected chi connectivity index (χ2v) is 7.47. The summed E-state index contributed by atoms with van der Waals surface area (Å²) in [6.45, 7) is 3.07.